The molecule has 1 heterocycles. The van der Waals surface area contributed by atoms with Gasteiger partial charge in [-0.1, -0.05) is 24.6 Å². The number of nitrogens with one attached hydrogen (secondary N) is 2. The number of nitrogens with zero attached hydrogens (tertiary/aromatic N) is 2. The number of hydrogen-bond acceptors (Lipinski definition) is 7. The SMILES string of the molecule is CCC(Oc1ccc(C)cc1)C(=O)Nc1ccc(S(=O)(=O)Nc2nccnc2OC)cc1. The highest BCUT2D eigenvalue weighted by Crippen LogP contribution is 2.22. The van der Waals surface area contributed by atoms with Crippen LogP contribution in [0.1, 0.15) is 18.9 Å². The van der Waals surface area contributed by atoms with Crippen molar-refractivity contribution in [2.45, 2.75) is 31.3 Å². The monoisotopic (exact) mass is 456 g/mol. The van der Waals surface area contributed by atoms with Crippen LogP contribution < -0.4 is 19.5 Å². The third-order valence-electron chi connectivity index (χ3n) is 4.48. The van der Waals surface area contributed by atoms with E-state index in [1.54, 1.807) is 0 Å². The van der Waals surface area contributed by atoms with Crippen LogP contribution in [-0.2, 0) is 14.8 Å². The normalized spacial score (nSPS) is 12.0. The quantitative estimate of drug-likeness (QED) is 0.506. The van der Waals surface area contributed by atoms with E-state index in [-0.39, 0.29) is 22.5 Å². The van der Waals surface area contributed by atoms with Crippen LogP contribution in [0.4, 0.5) is 11.5 Å². The van der Waals surface area contributed by atoms with Crippen LogP contribution in [0.3, 0.4) is 0 Å². The van der Waals surface area contributed by atoms with E-state index >= 15 is 0 Å². The maximum absolute atomic E-state index is 12.6. The molecule has 0 bridgehead atoms. The summed E-state index contributed by atoms with van der Waals surface area (Å²) >= 11 is 0. The van der Waals surface area contributed by atoms with Crippen molar-refractivity contribution >= 4 is 27.4 Å². The van der Waals surface area contributed by atoms with Crippen LogP contribution in [0, 0.1) is 6.92 Å². The van der Waals surface area contributed by atoms with Crippen molar-refractivity contribution in [2.24, 2.45) is 0 Å². The predicted molar refractivity (Wildman–Crippen MR) is 120 cm³/mol. The lowest BCUT2D eigenvalue weighted by molar-refractivity contribution is -0.122. The molecule has 0 aliphatic carbocycles. The van der Waals surface area contributed by atoms with Crippen molar-refractivity contribution in [3.63, 3.8) is 0 Å². The first-order valence-electron chi connectivity index (χ1n) is 9.84. The molecule has 1 amide bonds. The Kier molecular flexibility index (Phi) is 7.26. The number of sulfonamides is 1. The molecule has 3 rings (SSSR count). The topological polar surface area (TPSA) is 120 Å². The second-order valence-corrected chi connectivity index (χ2v) is 8.54. The largest absolute Gasteiger partial charge is 0.481 e. The van der Waals surface area contributed by atoms with Gasteiger partial charge in [-0.3, -0.25) is 9.52 Å². The molecule has 3 aromatic rings. The molecule has 32 heavy (non-hydrogen) atoms. The molecule has 2 N–H and O–H groups in total. The zero-order valence-electron chi connectivity index (χ0n) is 17.9. The van der Waals surface area contributed by atoms with Crippen LogP contribution in [0.5, 0.6) is 11.6 Å². The van der Waals surface area contributed by atoms with Crippen LogP contribution in [0.25, 0.3) is 0 Å². The van der Waals surface area contributed by atoms with Gasteiger partial charge in [0.05, 0.1) is 12.0 Å². The number of ether oxygens (including phenoxy) is 2. The first kappa shape index (κ1) is 23.0. The minimum Gasteiger partial charge on any atom is -0.481 e. The van der Waals surface area contributed by atoms with Gasteiger partial charge in [-0.15, -0.1) is 0 Å². The highest BCUT2D eigenvalue weighted by molar-refractivity contribution is 7.92. The molecular formula is C22H24N4O5S. The molecule has 0 saturated carbocycles. The van der Waals surface area contributed by atoms with Gasteiger partial charge in [0, 0.05) is 18.1 Å². The number of rotatable bonds is 9. The van der Waals surface area contributed by atoms with Crippen molar-refractivity contribution in [3.05, 3.63) is 66.5 Å². The number of carbonyl (C=O) groups excluding carboxylic acids is 1. The summed E-state index contributed by atoms with van der Waals surface area (Å²) in [6.07, 6.45) is 2.52. The summed E-state index contributed by atoms with van der Waals surface area (Å²) in [7, 11) is -2.56. The highest BCUT2D eigenvalue weighted by atomic mass is 32.2. The van der Waals surface area contributed by atoms with E-state index in [0.29, 0.717) is 17.9 Å². The Morgan fingerprint density at radius 2 is 1.69 bits per heavy atom. The van der Waals surface area contributed by atoms with Crippen LogP contribution >= 0.6 is 0 Å². The number of carbonyl (C=O) groups is 1. The Morgan fingerprint density at radius 1 is 1.03 bits per heavy atom. The molecule has 0 saturated heterocycles. The molecular weight excluding hydrogens is 432 g/mol. The van der Waals surface area contributed by atoms with Gasteiger partial charge in [-0.2, -0.15) is 0 Å². The zero-order chi connectivity index (χ0) is 23.1. The molecule has 2 aromatic carbocycles. The Morgan fingerprint density at radius 3 is 2.31 bits per heavy atom. The lowest BCUT2D eigenvalue weighted by Crippen LogP contribution is -2.32. The van der Waals surface area contributed by atoms with Crippen molar-refractivity contribution in [2.75, 3.05) is 17.1 Å². The second-order valence-electron chi connectivity index (χ2n) is 6.86. The molecule has 1 atom stereocenters. The molecule has 0 spiro atoms. The van der Waals surface area contributed by atoms with Crippen LogP contribution in [0.2, 0.25) is 0 Å². The standard InChI is InChI=1S/C22H24N4O5S/c1-4-19(31-17-9-5-15(2)6-10-17)21(27)25-16-7-11-18(12-8-16)32(28,29)26-20-22(30-3)24-14-13-23-20/h5-14,19H,4H2,1-3H3,(H,23,26)(H,25,27). The summed E-state index contributed by atoms with van der Waals surface area (Å²) in [4.78, 5) is 20.5. The fourth-order valence-electron chi connectivity index (χ4n) is 2.77. The summed E-state index contributed by atoms with van der Waals surface area (Å²) in [6, 6.07) is 13.2. The highest BCUT2D eigenvalue weighted by Gasteiger charge is 2.20. The molecule has 0 aliphatic rings. The number of methoxy groups -OCH3 is 1. The van der Waals surface area contributed by atoms with Gasteiger partial charge in [-0.05, 0) is 49.7 Å². The van der Waals surface area contributed by atoms with Gasteiger partial charge in [0.25, 0.3) is 21.8 Å². The smallest absolute Gasteiger partial charge is 0.265 e. The average molecular weight is 457 g/mol. The maximum atomic E-state index is 12.6. The number of hydrogen-bond donors (Lipinski definition) is 2. The predicted octanol–water partition coefficient (Wildman–Crippen LogP) is 3.39. The Balaban J connectivity index is 1.67. The fourth-order valence-corrected chi connectivity index (χ4v) is 3.78. The summed E-state index contributed by atoms with van der Waals surface area (Å²) in [5.41, 5.74) is 1.54. The Labute approximate surface area is 186 Å². The number of amides is 1. The minimum atomic E-state index is -3.93. The van der Waals surface area contributed by atoms with Crippen molar-refractivity contribution < 1.29 is 22.7 Å². The zero-order valence-corrected chi connectivity index (χ0v) is 18.7. The number of benzene rings is 2. The van der Waals surface area contributed by atoms with E-state index < -0.39 is 16.1 Å². The average Bonchev–Trinajstić information content (AvgIpc) is 2.79. The van der Waals surface area contributed by atoms with Gasteiger partial charge >= 0.3 is 0 Å². The van der Waals surface area contributed by atoms with Crippen molar-refractivity contribution in [1.82, 2.24) is 9.97 Å². The van der Waals surface area contributed by atoms with E-state index in [1.807, 2.05) is 38.1 Å². The second kappa shape index (κ2) is 10.1. The van der Waals surface area contributed by atoms with Gasteiger partial charge in [0.15, 0.2) is 6.10 Å². The minimum absolute atomic E-state index is 0.00819. The fraction of sp³-hybridized carbons (Fsp3) is 0.227. The first-order valence-corrected chi connectivity index (χ1v) is 11.3. The first-order chi connectivity index (χ1) is 15.3. The third kappa shape index (κ3) is 5.73. The molecule has 0 aliphatic heterocycles. The number of aryl methyl sites for hydroxylation is 1. The molecule has 9 nitrogen and oxygen atoms in total. The van der Waals surface area contributed by atoms with Crippen LogP contribution in [0.15, 0.2) is 65.8 Å². The summed E-state index contributed by atoms with van der Waals surface area (Å²) in [5.74, 6) is 0.307. The van der Waals surface area contributed by atoms with E-state index in [1.165, 1.54) is 43.8 Å². The van der Waals surface area contributed by atoms with Gasteiger partial charge in [-0.25, -0.2) is 18.4 Å². The Bertz CT molecular complexity index is 1170. The van der Waals surface area contributed by atoms with E-state index in [4.69, 9.17) is 9.47 Å². The third-order valence-corrected chi connectivity index (χ3v) is 5.84. The lowest BCUT2D eigenvalue weighted by Gasteiger charge is -2.17. The van der Waals surface area contributed by atoms with Gasteiger partial charge in [0.2, 0.25) is 5.82 Å². The van der Waals surface area contributed by atoms with E-state index in [0.717, 1.165) is 5.56 Å². The van der Waals surface area contributed by atoms with Crippen molar-refractivity contribution in [1.29, 1.82) is 0 Å². The number of anilines is 2. The molecule has 0 radical (unpaired) electrons. The molecule has 1 unspecified atom stereocenters. The molecule has 10 heteroatoms. The van der Waals surface area contributed by atoms with Gasteiger partial charge in [0.1, 0.15) is 5.75 Å². The van der Waals surface area contributed by atoms with E-state index in [9.17, 15) is 13.2 Å². The molecule has 0 fully saturated rings. The lowest BCUT2D eigenvalue weighted by atomic mass is 10.2. The molecule has 168 valence electrons. The number of aromatic nitrogens is 2. The summed E-state index contributed by atoms with van der Waals surface area (Å²) in [5, 5.41) is 2.75. The summed E-state index contributed by atoms with van der Waals surface area (Å²) in [6.45, 7) is 3.82. The summed E-state index contributed by atoms with van der Waals surface area (Å²) < 4.78 is 38.4. The Hall–Kier alpha value is -3.66. The van der Waals surface area contributed by atoms with Gasteiger partial charge < -0.3 is 14.8 Å². The molecule has 1 aromatic heterocycles. The van der Waals surface area contributed by atoms with Crippen molar-refractivity contribution in [3.8, 4) is 11.6 Å². The maximum Gasteiger partial charge on any atom is 0.265 e. The van der Waals surface area contributed by atoms with Crippen LogP contribution in [-0.4, -0.2) is 37.5 Å². The van der Waals surface area contributed by atoms with E-state index in [2.05, 4.69) is 20.0 Å².